The van der Waals surface area contributed by atoms with E-state index in [1.807, 2.05) is 6.92 Å². The maximum absolute atomic E-state index is 13.4. The van der Waals surface area contributed by atoms with Crippen molar-refractivity contribution in [3.8, 4) is 24.1 Å². The molecule has 1 aliphatic carbocycles. The molecule has 1 unspecified atom stereocenters. The van der Waals surface area contributed by atoms with Crippen LogP contribution in [0.2, 0.25) is 0 Å². The number of pyridine rings is 1. The molecule has 1 atom stereocenters. The SMILES string of the molecule is C#C.C=C(C)CC.OC(CNCCNCC1CCCC1)c1cc(-c2ccc(C(F)(F)F)cc2)nc(C(F)(F)F)c1. The molecule has 1 aromatic heterocycles. The van der Waals surface area contributed by atoms with Gasteiger partial charge in [-0.25, -0.2) is 4.98 Å². The molecule has 0 spiro atoms. The third-order valence-electron chi connectivity index (χ3n) is 6.36. The van der Waals surface area contributed by atoms with Gasteiger partial charge in [-0.3, -0.25) is 0 Å². The summed E-state index contributed by atoms with van der Waals surface area (Å²) in [4.78, 5) is 3.56. The first kappa shape index (κ1) is 35.2. The Hall–Kier alpha value is -2.87. The van der Waals surface area contributed by atoms with E-state index in [-0.39, 0.29) is 23.4 Å². The Labute approximate surface area is 233 Å². The molecule has 0 radical (unpaired) electrons. The van der Waals surface area contributed by atoms with Gasteiger partial charge in [-0.1, -0.05) is 37.5 Å². The van der Waals surface area contributed by atoms with Crippen LogP contribution >= 0.6 is 0 Å². The Kier molecular flexibility index (Phi) is 15.0. The molecule has 2 aromatic rings. The number of terminal acetylenes is 1. The number of nitrogens with one attached hydrogen (secondary N) is 2. The monoisotopic (exact) mass is 571 g/mol. The van der Waals surface area contributed by atoms with E-state index in [0.717, 1.165) is 43.3 Å². The van der Waals surface area contributed by atoms with Crippen LogP contribution in [0.1, 0.15) is 68.9 Å². The fourth-order valence-electron chi connectivity index (χ4n) is 3.92. The van der Waals surface area contributed by atoms with Gasteiger partial charge < -0.3 is 15.7 Å². The lowest BCUT2D eigenvalue weighted by atomic mass is 10.0. The summed E-state index contributed by atoms with van der Waals surface area (Å²) < 4.78 is 78.4. The van der Waals surface area contributed by atoms with E-state index in [4.69, 9.17) is 0 Å². The van der Waals surface area contributed by atoms with E-state index >= 15 is 0 Å². The molecule has 0 amide bonds. The third-order valence-corrected chi connectivity index (χ3v) is 6.36. The first-order valence-electron chi connectivity index (χ1n) is 13.1. The van der Waals surface area contributed by atoms with Crippen molar-refractivity contribution in [2.75, 3.05) is 26.2 Å². The van der Waals surface area contributed by atoms with Crippen LogP contribution in [0.4, 0.5) is 26.3 Å². The fraction of sp³-hybridized carbons (Fsp3) is 0.500. The van der Waals surface area contributed by atoms with Gasteiger partial charge in [-0.2, -0.15) is 26.3 Å². The zero-order valence-electron chi connectivity index (χ0n) is 23.0. The molecule has 0 aliphatic heterocycles. The van der Waals surface area contributed by atoms with Gasteiger partial charge in [0, 0.05) is 25.2 Å². The lowest BCUT2D eigenvalue weighted by molar-refractivity contribution is -0.141. The first-order chi connectivity index (χ1) is 18.8. The van der Waals surface area contributed by atoms with Crippen LogP contribution in [-0.2, 0) is 12.4 Å². The number of halogens is 6. The van der Waals surface area contributed by atoms with E-state index in [0.29, 0.717) is 19.0 Å². The molecule has 3 rings (SSSR count). The van der Waals surface area contributed by atoms with Crippen molar-refractivity contribution in [3.63, 3.8) is 0 Å². The van der Waals surface area contributed by atoms with Gasteiger partial charge in [-0.15, -0.1) is 19.4 Å². The highest BCUT2D eigenvalue weighted by atomic mass is 19.4. The second-order valence-electron chi connectivity index (χ2n) is 9.63. The van der Waals surface area contributed by atoms with Crippen molar-refractivity contribution < 1.29 is 31.4 Å². The van der Waals surface area contributed by atoms with Crippen molar-refractivity contribution in [1.29, 1.82) is 0 Å². The third kappa shape index (κ3) is 12.5. The lowest BCUT2D eigenvalue weighted by Gasteiger charge is -2.17. The summed E-state index contributed by atoms with van der Waals surface area (Å²) in [6.07, 6.45) is 3.52. The minimum absolute atomic E-state index is 0.0152. The van der Waals surface area contributed by atoms with Crippen LogP contribution in [0, 0.1) is 18.8 Å². The second kappa shape index (κ2) is 17.1. The van der Waals surface area contributed by atoms with Crippen LogP contribution in [0.15, 0.2) is 48.6 Å². The van der Waals surface area contributed by atoms with E-state index in [1.165, 1.54) is 37.3 Å². The largest absolute Gasteiger partial charge is 0.433 e. The summed E-state index contributed by atoms with van der Waals surface area (Å²) in [5.41, 5.74) is -0.961. The zero-order valence-corrected chi connectivity index (χ0v) is 23.0. The molecule has 4 nitrogen and oxygen atoms in total. The number of aromatic nitrogens is 1. The average molecular weight is 572 g/mol. The maximum Gasteiger partial charge on any atom is 0.433 e. The molecule has 1 fully saturated rings. The number of allylic oxidation sites excluding steroid dienone is 1. The Morgan fingerprint density at radius 2 is 1.55 bits per heavy atom. The minimum Gasteiger partial charge on any atom is -0.387 e. The smallest absolute Gasteiger partial charge is 0.387 e. The van der Waals surface area contributed by atoms with Crippen molar-refractivity contribution in [1.82, 2.24) is 15.6 Å². The summed E-state index contributed by atoms with van der Waals surface area (Å²) in [5.74, 6) is 0.691. The number of rotatable bonds is 10. The van der Waals surface area contributed by atoms with E-state index in [1.54, 1.807) is 0 Å². The quantitative estimate of drug-likeness (QED) is 0.120. The molecule has 1 aromatic carbocycles. The molecule has 10 heteroatoms. The lowest BCUT2D eigenvalue weighted by Crippen LogP contribution is -2.32. The van der Waals surface area contributed by atoms with E-state index in [9.17, 15) is 31.4 Å². The van der Waals surface area contributed by atoms with Crippen molar-refractivity contribution in [2.45, 2.75) is 64.4 Å². The summed E-state index contributed by atoms with van der Waals surface area (Å²) in [7, 11) is 0. The normalized spacial score (nSPS) is 14.5. The summed E-state index contributed by atoms with van der Waals surface area (Å²) in [6.45, 7) is 9.96. The molecule has 3 N–H and O–H groups in total. The van der Waals surface area contributed by atoms with Crippen molar-refractivity contribution in [2.24, 2.45) is 5.92 Å². The van der Waals surface area contributed by atoms with Crippen LogP contribution in [0.25, 0.3) is 11.3 Å². The molecule has 1 heterocycles. The molecular formula is C30H39F6N3O. The number of hydrogen-bond acceptors (Lipinski definition) is 4. The molecule has 222 valence electrons. The second-order valence-corrected chi connectivity index (χ2v) is 9.63. The number of benzene rings is 1. The highest BCUT2D eigenvalue weighted by molar-refractivity contribution is 5.61. The van der Waals surface area contributed by atoms with Crippen LogP contribution in [-0.4, -0.2) is 36.3 Å². The first-order valence-corrected chi connectivity index (χ1v) is 13.1. The predicted molar refractivity (Wildman–Crippen MR) is 147 cm³/mol. The topological polar surface area (TPSA) is 57.2 Å². The standard InChI is InChI=1S/C23H27F6N3O.C5H10.C2H2/c24-22(25,26)18-7-5-16(6-8-18)19-11-17(12-21(32-19)23(27,28)29)20(33)14-31-10-9-30-13-15-3-1-2-4-15;1-4-5(2)3;1-2/h5-8,11-12,15,20,30-31,33H,1-4,9-10,13-14H2;2,4H2,1,3H3;1-2H. The Bertz CT molecular complexity index is 1040. The average Bonchev–Trinajstić information content (AvgIpc) is 3.44. The highest BCUT2D eigenvalue weighted by Gasteiger charge is 2.34. The molecular weight excluding hydrogens is 532 g/mol. The van der Waals surface area contributed by atoms with E-state index in [2.05, 4.69) is 42.0 Å². The zero-order chi connectivity index (χ0) is 30.3. The van der Waals surface area contributed by atoms with Gasteiger partial charge in [0.1, 0.15) is 5.69 Å². The number of hydrogen-bond donors (Lipinski definition) is 3. The molecule has 40 heavy (non-hydrogen) atoms. The number of alkyl halides is 6. The number of aliphatic hydroxyl groups is 1. The van der Waals surface area contributed by atoms with Crippen LogP contribution in [0.5, 0.6) is 0 Å². The van der Waals surface area contributed by atoms with Crippen molar-refractivity contribution >= 4 is 0 Å². The van der Waals surface area contributed by atoms with Gasteiger partial charge in [-0.05, 0) is 68.5 Å². The minimum atomic E-state index is -4.77. The molecule has 0 saturated heterocycles. The predicted octanol–water partition coefficient (Wildman–Crippen LogP) is 7.41. The van der Waals surface area contributed by atoms with Crippen LogP contribution < -0.4 is 10.6 Å². The summed E-state index contributed by atoms with van der Waals surface area (Å²) >= 11 is 0. The van der Waals surface area contributed by atoms with Gasteiger partial charge in [0.2, 0.25) is 0 Å². The van der Waals surface area contributed by atoms with Gasteiger partial charge in [0.25, 0.3) is 0 Å². The Morgan fingerprint density at radius 1 is 1.00 bits per heavy atom. The molecule has 1 aliphatic rings. The van der Waals surface area contributed by atoms with Gasteiger partial charge in [0.15, 0.2) is 0 Å². The molecule has 1 saturated carbocycles. The van der Waals surface area contributed by atoms with Crippen LogP contribution in [0.3, 0.4) is 0 Å². The van der Waals surface area contributed by atoms with Gasteiger partial charge in [0.05, 0.1) is 17.4 Å². The van der Waals surface area contributed by atoms with Crippen molar-refractivity contribution in [3.05, 3.63) is 65.4 Å². The van der Waals surface area contributed by atoms with Gasteiger partial charge >= 0.3 is 12.4 Å². The van der Waals surface area contributed by atoms with E-state index < -0.39 is 29.7 Å². The Morgan fingerprint density at radius 3 is 2.05 bits per heavy atom. The highest BCUT2D eigenvalue weighted by Crippen LogP contribution is 2.34. The summed E-state index contributed by atoms with van der Waals surface area (Å²) in [5, 5.41) is 16.8. The number of nitrogens with zero attached hydrogens (tertiary/aromatic N) is 1. The molecule has 0 bridgehead atoms. The summed E-state index contributed by atoms with van der Waals surface area (Å²) in [6, 6.07) is 5.73. The fourth-order valence-corrected chi connectivity index (χ4v) is 3.92. The maximum atomic E-state index is 13.4. The Balaban J connectivity index is 0.00000103. The number of aliphatic hydroxyl groups excluding tert-OH is 1.